The van der Waals surface area contributed by atoms with Gasteiger partial charge in [-0.25, -0.2) is 0 Å². The van der Waals surface area contributed by atoms with Crippen LogP contribution >= 0.6 is 11.6 Å². The van der Waals surface area contributed by atoms with Crippen molar-refractivity contribution in [3.63, 3.8) is 0 Å². The molecule has 0 bridgehead atoms. The van der Waals surface area contributed by atoms with Gasteiger partial charge in [0.15, 0.2) is 0 Å². The number of ether oxygens (including phenoxy) is 1. The lowest BCUT2D eigenvalue weighted by molar-refractivity contribution is -0.0359. The highest BCUT2D eigenvalue weighted by Crippen LogP contribution is 2.57. The Kier molecular flexibility index (Phi) is 3.05. The number of alkyl halides is 1. The zero-order chi connectivity index (χ0) is 12.8. The standard InChI is InChI=1S/C16H21ClO/c1-11-5-6-12(2)13(9-11)18-15-10-14(17)16(15)7-3-4-8-16/h5-6,9,14-15H,3-4,7-8,10H2,1-2H3. The third kappa shape index (κ3) is 1.84. The zero-order valence-corrected chi connectivity index (χ0v) is 12.0. The van der Waals surface area contributed by atoms with Crippen LogP contribution < -0.4 is 4.74 Å². The summed E-state index contributed by atoms with van der Waals surface area (Å²) in [4.78, 5) is 0. The van der Waals surface area contributed by atoms with E-state index in [9.17, 15) is 0 Å². The van der Waals surface area contributed by atoms with E-state index >= 15 is 0 Å². The normalized spacial score (nSPS) is 29.3. The third-order valence-electron chi connectivity index (χ3n) is 4.83. The van der Waals surface area contributed by atoms with Crippen LogP contribution in [-0.2, 0) is 0 Å². The molecule has 2 unspecified atom stereocenters. The molecule has 0 aliphatic heterocycles. The van der Waals surface area contributed by atoms with Crippen LogP contribution in [-0.4, -0.2) is 11.5 Å². The van der Waals surface area contributed by atoms with Gasteiger partial charge in [0.05, 0.1) is 0 Å². The number of hydrogen-bond acceptors (Lipinski definition) is 1. The summed E-state index contributed by atoms with van der Waals surface area (Å²) in [6.07, 6.45) is 6.47. The summed E-state index contributed by atoms with van der Waals surface area (Å²) in [5.74, 6) is 1.05. The van der Waals surface area contributed by atoms with E-state index in [1.807, 2.05) is 0 Å². The molecule has 0 N–H and O–H groups in total. The first-order valence-electron chi connectivity index (χ1n) is 7.00. The lowest BCUT2D eigenvalue weighted by Crippen LogP contribution is -2.55. The van der Waals surface area contributed by atoms with Gasteiger partial charge in [-0.3, -0.25) is 0 Å². The lowest BCUT2D eigenvalue weighted by atomic mass is 9.64. The Morgan fingerprint density at radius 1 is 1.22 bits per heavy atom. The number of aryl methyl sites for hydroxylation is 2. The summed E-state index contributed by atoms with van der Waals surface area (Å²) >= 11 is 6.46. The Balaban J connectivity index is 1.79. The smallest absolute Gasteiger partial charge is 0.122 e. The molecule has 2 saturated carbocycles. The van der Waals surface area contributed by atoms with Crippen LogP contribution in [0.3, 0.4) is 0 Å². The maximum absolute atomic E-state index is 6.46. The first kappa shape index (κ1) is 12.3. The molecule has 0 amide bonds. The molecular formula is C16H21ClO. The van der Waals surface area contributed by atoms with Crippen molar-refractivity contribution in [1.29, 1.82) is 0 Å². The van der Waals surface area contributed by atoms with Crippen LogP contribution in [0.4, 0.5) is 0 Å². The summed E-state index contributed by atoms with van der Waals surface area (Å²) in [5, 5.41) is 0.329. The fourth-order valence-corrected chi connectivity index (χ4v) is 4.04. The molecule has 0 heterocycles. The molecule has 1 aromatic rings. The molecule has 2 atom stereocenters. The highest BCUT2D eigenvalue weighted by atomic mass is 35.5. The van der Waals surface area contributed by atoms with Crippen molar-refractivity contribution >= 4 is 11.6 Å². The topological polar surface area (TPSA) is 9.23 Å². The predicted octanol–water partition coefficient (Wildman–Crippen LogP) is 4.62. The van der Waals surface area contributed by atoms with Gasteiger partial charge in [0.25, 0.3) is 0 Å². The van der Waals surface area contributed by atoms with E-state index in [0.717, 1.165) is 12.2 Å². The molecule has 1 nitrogen and oxygen atoms in total. The van der Waals surface area contributed by atoms with E-state index in [0.29, 0.717) is 11.5 Å². The molecule has 0 radical (unpaired) electrons. The average Bonchev–Trinajstić information content (AvgIpc) is 2.85. The summed E-state index contributed by atoms with van der Waals surface area (Å²) in [6.45, 7) is 4.23. The largest absolute Gasteiger partial charge is 0.489 e. The molecule has 2 aliphatic rings. The number of rotatable bonds is 2. The summed E-state index contributed by atoms with van der Waals surface area (Å²) in [6, 6.07) is 6.43. The molecule has 2 heteroatoms. The molecule has 3 rings (SSSR count). The van der Waals surface area contributed by atoms with Gasteiger partial charge in [-0.2, -0.15) is 0 Å². The molecule has 0 saturated heterocycles. The van der Waals surface area contributed by atoms with Crippen molar-refractivity contribution in [1.82, 2.24) is 0 Å². The Morgan fingerprint density at radius 2 is 1.94 bits per heavy atom. The van der Waals surface area contributed by atoms with Gasteiger partial charge in [-0.15, -0.1) is 11.6 Å². The first-order valence-corrected chi connectivity index (χ1v) is 7.43. The second-order valence-corrected chi connectivity index (χ2v) is 6.55. The van der Waals surface area contributed by atoms with Crippen molar-refractivity contribution in [3.05, 3.63) is 29.3 Å². The van der Waals surface area contributed by atoms with Crippen LogP contribution in [0.5, 0.6) is 5.75 Å². The highest BCUT2D eigenvalue weighted by molar-refractivity contribution is 6.21. The quantitative estimate of drug-likeness (QED) is 0.708. The monoisotopic (exact) mass is 264 g/mol. The van der Waals surface area contributed by atoms with Gasteiger partial charge in [-0.05, 0) is 43.9 Å². The van der Waals surface area contributed by atoms with E-state index in [1.54, 1.807) is 0 Å². The Morgan fingerprint density at radius 3 is 2.61 bits per heavy atom. The number of benzene rings is 1. The van der Waals surface area contributed by atoms with Crippen LogP contribution in [0.15, 0.2) is 18.2 Å². The molecular weight excluding hydrogens is 244 g/mol. The minimum Gasteiger partial charge on any atom is -0.489 e. The van der Waals surface area contributed by atoms with E-state index in [-0.39, 0.29) is 5.41 Å². The Hall–Kier alpha value is -0.690. The molecule has 0 aromatic heterocycles. The lowest BCUT2D eigenvalue weighted by Gasteiger charge is -2.51. The zero-order valence-electron chi connectivity index (χ0n) is 11.2. The molecule has 2 fully saturated rings. The Bertz CT molecular complexity index is 448. The van der Waals surface area contributed by atoms with Crippen LogP contribution in [0.2, 0.25) is 0 Å². The van der Waals surface area contributed by atoms with Crippen LogP contribution in [0.1, 0.15) is 43.2 Å². The van der Waals surface area contributed by atoms with E-state index < -0.39 is 0 Å². The van der Waals surface area contributed by atoms with Crippen molar-refractivity contribution in [2.75, 3.05) is 0 Å². The SMILES string of the molecule is Cc1ccc(C)c(OC2CC(Cl)C23CCCC3)c1. The fourth-order valence-electron chi connectivity index (χ4n) is 3.52. The second kappa shape index (κ2) is 4.45. The molecule has 2 aliphatic carbocycles. The van der Waals surface area contributed by atoms with Gasteiger partial charge in [0, 0.05) is 17.2 Å². The van der Waals surface area contributed by atoms with Crippen molar-refractivity contribution in [3.8, 4) is 5.75 Å². The van der Waals surface area contributed by atoms with Crippen molar-refractivity contribution in [2.45, 2.75) is 57.4 Å². The summed E-state index contributed by atoms with van der Waals surface area (Å²) in [7, 11) is 0. The maximum atomic E-state index is 6.46. The van der Waals surface area contributed by atoms with Crippen molar-refractivity contribution < 1.29 is 4.74 Å². The number of halogens is 1. The van der Waals surface area contributed by atoms with Gasteiger partial charge in [0.1, 0.15) is 11.9 Å². The van der Waals surface area contributed by atoms with Gasteiger partial charge < -0.3 is 4.74 Å². The average molecular weight is 265 g/mol. The second-order valence-electron chi connectivity index (χ2n) is 6.02. The minimum absolute atomic E-state index is 0.276. The minimum atomic E-state index is 0.276. The summed E-state index contributed by atoms with van der Waals surface area (Å²) in [5.41, 5.74) is 2.77. The van der Waals surface area contributed by atoms with E-state index in [1.165, 1.54) is 36.8 Å². The summed E-state index contributed by atoms with van der Waals surface area (Å²) < 4.78 is 6.29. The van der Waals surface area contributed by atoms with Gasteiger partial charge >= 0.3 is 0 Å². The highest BCUT2D eigenvalue weighted by Gasteiger charge is 2.57. The fraction of sp³-hybridized carbons (Fsp3) is 0.625. The first-order chi connectivity index (χ1) is 8.62. The van der Waals surface area contributed by atoms with E-state index in [4.69, 9.17) is 16.3 Å². The van der Waals surface area contributed by atoms with Gasteiger partial charge in [-0.1, -0.05) is 25.0 Å². The number of hydrogen-bond donors (Lipinski definition) is 0. The molecule has 98 valence electrons. The Labute approximate surface area is 114 Å². The molecule has 1 spiro atoms. The van der Waals surface area contributed by atoms with Gasteiger partial charge in [0.2, 0.25) is 0 Å². The van der Waals surface area contributed by atoms with Crippen LogP contribution in [0.25, 0.3) is 0 Å². The van der Waals surface area contributed by atoms with E-state index in [2.05, 4.69) is 32.0 Å². The maximum Gasteiger partial charge on any atom is 0.122 e. The molecule has 1 aromatic carbocycles. The third-order valence-corrected chi connectivity index (χ3v) is 5.45. The van der Waals surface area contributed by atoms with Crippen molar-refractivity contribution in [2.24, 2.45) is 5.41 Å². The predicted molar refractivity (Wildman–Crippen MR) is 75.5 cm³/mol. The van der Waals surface area contributed by atoms with Crippen LogP contribution in [0, 0.1) is 19.3 Å². The molecule has 18 heavy (non-hydrogen) atoms.